The van der Waals surface area contributed by atoms with E-state index < -0.39 is 0 Å². The number of hydrogen-bond donors (Lipinski definition) is 0. The van der Waals surface area contributed by atoms with E-state index in [0.29, 0.717) is 0 Å². The molecule has 3 heteroatoms. The van der Waals surface area contributed by atoms with Crippen LogP contribution < -0.4 is 9.64 Å². The monoisotopic (exact) mass is 653 g/mol. The SMILES string of the molecule is C1=CC2Oc3c(cccc3N(c3ccc(-c4ccc5ccc6ccc7ccccc7c6c5c4)cc3)c3ccc4c(c3)oc3ccccc34)C2C=C1. The van der Waals surface area contributed by atoms with Gasteiger partial charge in [-0.1, -0.05) is 121 Å². The number of fused-ring (bicyclic) bond motifs is 11. The van der Waals surface area contributed by atoms with E-state index in [0.717, 1.165) is 44.8 Å². The predicted octanol–water partition coefficient (Wildman–Crippen LogP) is 13.2. The van der Waals surface area contributed by atoms with Gasteiger partial charge in [-0.15, -0.1) is 0 Å². The third-order valence-electron chi connectivity index (χ3n) is 10.8. The molecule has 0 spiro atoms. The Morgan fingerprint density at radius 2 is 1.18 bits per heavy atom. The number of allylic oxidation sites excluding steroid dienone is 2. The van der Waals surface area contributed by atoms with Crippen molar-refractivity contribution in [2.24, 2.45) is 0 Å². The molecule has 0 amide bonds. The van der Waals surface area contributed by atoms with Crippen LogP contribution in [0.1, 0.15) is 11.5 Å². The molecule has 2 aliphatic rings. The first-order valence-corrected chi connectivity index (χ1v) is 17.6. The smallest absolute Gasteiger partial charge is 0.148 e. The van der Waals surface area contributed by atoms with Gasteiger partial charge < -0.3 is 14.1 Å². The summed E-state index contributed by atoms with van der Waals surface area (Å²) in [5.74, 6) is 1.12. The number of para-hydroxylation sites is 2. The number of benzene rings is 8. The molecule has 1 aromatic heterocycles. The van der Waals surface area contributed by atoms with Crippen molar-refractivity contribution in [2.45, 2.75) is 12.0 Å². The van der Waals surface area contributed by atoms with Gasteiger partial charge in [0.15, 0.2) is 0 Å². The van der Waals surface area contributed by atoms with Crippen LogP contribution in [0.3, 0.4) is 0 Å². The van der Waals surface area contributed by atoms with Crippen molar-refractivity contribution in [1.29, 1.82) is 0 Å². The summed E-state index contributed by atoms with van der Waals surface area (Å²) in [5, 5.41) is 9.86. The zero-order valence-electron chi connectivity index (χ0n) is 27.7. The van der Waals surface area contributed by atoms with Crippen molar-refractivity contribution in [3.05, 3.63) is 182 Å². The Balaban J connectivity index is 1.06. The highest BCUT2D eigenvalue weighted by molar-refractivity contribution is 6.20. The quantitative estimate of drug-likeness (QED) is 0.177. The molecule has 2 unspecified atom stereocenters. The maximum Gasteiger partial charge on any atom is 0.148 e. The molecule has 1 aliphatic carbocycles. The first kappa shape index (κ1) is 28.3. The normalized spacial score (nSPS) is 16.2. The third-order valence-corrected chi connectivity index (χ3v) is 10.8. The van der Waals surface area contributed by atoms with Crippen LogP contribution in [-0.2, 0) is 0 Å². The maximum atomic E-state index is 6.70. The van der Waals surface area contributed by atoms with E-state index in [2.05, 4.69) is 169 Å². The number of hydrogen-bond acceptors (Lipinski definition) is 3. The van der Waals surface area contributed by atoms with Crippen LogP contribution in [0.15, 0.2) is 180 Å². The molecule has 0 radical (unpaired) electrons. The van der Waals surface area contributed by atoms with E-state index in [1.54, 1.807) is 0 Å². The molecule has 0 saturated carbocycles. The van der Waals surface area contributed by atoms with Crippen LogP contribution in [0.4, 0.5) is 17.1 Å². The summed E-state index contributed by atoms with van der Waals surface area (Å²) >= 11 is 0. The van der Waals surface area contributed by atoms with Crippen LogP contribution >= 0.6 is 0 Å². The van der Waals surface area contributed by atoms with E-state index in [-0.39, 0.29) is 12.0 Å². The second kappa shape index (κ2) is 11.0. The molecule has 2 heterocycles. The summed E-state index contributed by atoms with van der Waals surface area (Å²) in [6.07, 6.45) is 8.60. The molecule has 0 N–H and O–H groups in total. The molecule has 0 bridgehead atoms. The number of nitrogens with zero attached hydrogens (tertiary/aromatic N) is 1. The molecule has 51 heavy (non-hydrogen) atoms. The van der Waals surface area contributed by atoms with Crippen molar-refractivity contribution in [2.75, 3.05) is 4.90 Å². The summed E-state index contributed by atoms with van der Waals surface area (Å²) in [6.45, 7) is 0. The molecule has 2 atom stereocenters. The molecule has 8 aromatic carbocycles. The zero-order chi connectivity index (χ0) is 33.5. The minimum Gasteiger partial charge on any atom is -0.483 e. The van der Waals surface area contributed by atoms with Crippen LogP contribution in [0.25, 0.3) is 65.4 Å². The second-order valence-corrected chi connectivity index (χ2v) is 13.6. The number of ether oxygens (including phenoxy) is 1. The van der Waals surface area contributed by atoms with Crippen LogP contribution in [0.2, 0.25) is 0 Å². The minimum atomic E-state index is -0.00525. The largest absolute Gasteiger partial charge is 0.483 e. The molecule has 11 rings (SSSR count). The van der Waals surface area contributed by atoms with Gasteiger partial charge in [0, 0.05) is 34.0 Å². The summed E-state index contributed by atoms with van der Waals surface area (Å²) in [7, 11) is 0. The van der Waals surface area contributed by atoms with Gasteiger partial charge in [0.2, 0.25) is 0 Å². The van der Waals surface area contributed by atoms with Crippen molar-refractivity contribution >= 4 is 71.3 Å². The number of anilines is 3. The molecule has 9 aromatic rings. The highest BCUT2D eigenvalue weighted by Crippen LogP contribution is 2.50. The lowest BCUT2D eigenvalue weighted by Crippen LogP contribution is -2.16. The first-order valence-electron chi connectivity index (χ1n) is 17.6. The van der Waals surface area contributed by atoms with Crippen LogP contribution in [0, 0.1) is 0 Å². The van der Waals surface area contributed by atoms with Gasteiger partial charge in [-0.05, 0) is 92.0 Å². The Labute approximate surface area is 294 Å². The summed E-state index contributed by atoms with van der Waals surface area (Å²) in [5.41, 5.74) is 8.39. The van der Waals surface area contributed by atoms with Gasteiger partial charge in [0.1, 0.15) is 23.0 Å². The maximum absolute atomic E-state index is 6.70. The third kappa shape index (κ3) is 4.38. The van der Waals surface area contributed by atoms with Crippen LogP contribution in [0.5, 0.6) is 5.75 Å². The van der Waals surface area contributed by atoms with Gasteiger partial charge in [-0.3, -0.25) is 0 Å². The lowest BCUT2D eigenvalue weighted by atomic mass is 9.92. The van der Waals surface area contributed by atoms with Crippen molar-refractivity contribution < 1.29 is 9.15 Å². The Hall–Kier alpha value is -6.58. The standard InChI is InChI=1S/C48H31NO2/c1-2-9-37-31(8-1)16-19-33-20-17-32-18-21-34(28-42(32)47(33)37)30-22-24-35(25-23-30)49(36-26-27-40-38-10-3-5-14-44(38)50-46(40)29-36)43-13-7-12-41-39-11-4-6-15-45(39)51-48(41)43/h1-29,39,45H. The van der Waals surface area contributed by atoms with Gasteiger partial charge in [0.05, 0.1) is 11.4 Å². The summed E-state index contributed by atoms with van der Waals surface area (Å²) in [6, 6.07) is 54.7. The minimum absolute atomic E-state index is 0.00525. The Kier molecular flexibility index (Phi) is 6.08. The van der Waals surface area contributed by atoms with Gasteiger partial charge >= 0.3 is 0 Å². The van der Waals surface area contributed by atoms with E-state index in [9.17, 15) is 0 Å². The number of furan rings is 1. The number of rotatable bonds is 4. The average Bonchev–Trinajstić information content (AvgIpc) is 3.76. The van der Waals surface area contributed by atoms with Crippen molar-refractivity contribution in [3.63, 3.8) is 0 Å². The average molecular weight is 654 g/mol. The summed E-state index contributed by atoms with van der Waals surface area (Å²) in [4.78, 5) is 2.31. The topological polar surface area (TPSA) is 25.6 Å². The second-order valence-electron chi connectivity index (χ2n) is 13.6. The van der Waals surface area contributed by atoms with Crippen molar-refractivity contribution in [3.8, 4) is 16.9 Å². The fourth-order valence-corrected chi connectivity index (χ4v) is 8.31. The molecular weight excluding hydrogens is 623 g/mol. The van der Waals surface area contributed by atoms with Gasteiger partial charge in [-0.2, -0.15) is 0 Å². The fourth-order valence-electron chi connectivity index (χ4n) is 8.31. The Bertz CT molecular complexity index is 2910. The molecular formula is C48H31NO2. The lowest BCUT2D eigenvalue weighted by molar-refractivity contribution is 0.269. The first-order chi connectivity index (χ1) is 25.3. The Morgan fingerprint density at radius 1 is 0.471 bits per heavy atom. The van der Waals surface area contributed by atoms with Gasteiger partial charge in [-0.25, -0.2) is 0 Å². The highest BCUT2D eigenvalue weighted by Gasteiger charge is 2.35. The van der Waals surface area contributed by atoms with E-state index in [4.69, 9.17) is 9.15 Å². The molecule has 1 aliphatic heterocycles. The molecule has 240 valence electrons. The zero-order valence-corrected chi connectivity index (χ0v) is 27.7. The molecule has 0 fully saturated rings. The Morgan fingerprint density at radius 3 is 2.08 bits per heavy atom. The predicted molar refractivity (Wildman–Crippen MR) is 212 cm³/mol. The molecule has 0 saturated heterocycles. The summed E-state index contributed by atoms with van der Waals surface area (Å²) < 4.78 is 13.1. The van der Waals surface area contributed by atoms with Crippen LogP contribution in [-0.4, -0.2) is 6.10 Å². The van der Waals surface area contributed by atoms with Gasteiger partial charge in [0.25, 0.3) is 0 Å². The van der Waals surface area contributed by atoms with E-state index >= 15 is 0 Å². The van der Waals surface area contributed by atoms with Crippen molar-refractivity contribution in [1.82, 2.24) is 0 Å². The van der Waals surface area contributed by atoms with E-state index in [1.807, 2.05) is 12.1 Å². The highest BCUT2D eigenvalue weighted by atomic mass is 16.5. The lowest BCUT2D eigenvalue weighted by Gasteiger charge is -2.27. The molecule has 3 nitrogen and oxygen atoms in total. The fraction of sp³-hybridized carbons (Fsp3) is 0.0417. The van der Waals surface area contributed by atoms with E-state index in [1.165, 1.54) is 49.0 Å².